The summed E-state index contributed by atoms with van der Waals surface area (Å²) in [6, 6.07) is 8.42. The summed E-state index contributed by atoms with van der Waals surface area (Å²) in [4.78, 5) is 20.8. The maximum atomic E-state index is 12.8. The smallest absolute Gasteiger partial charge is 0.244 e. The molecule has 29 heavy (non-hydrogen) atoms. The fourth-order valence-corrected chi connectivity index (χ4v) is 5.88. The number of sulfonamides is 1. The lowest BCUT2D eigenvalue weighted by Gasteiger charge is -2.42. The van der Waals surface area contributed by atoms with Gasteiger partial charge in [0.1, 0.15) is 4.90 Å². The number of nitrogens with zero attached hydrogens (tertiary/aromatic N) is 4. The van der Waals surface area contributed by atoms with E-state index in [1.165, 1.54) is 16.4 Å². The first-order valence-electron chi connectivity index (χ1n) is 9.26. The van der Waals surface area contributed by atoms with E-state index in [-0.39, 0.29) is 39.9 Å². The first-order valence-corrected chi connectivity index (χ1v) is 11.5. The first kappa shape index (κ1) is 20.4. The second kappa shape index (κ2) is 8.10. The molecule has 0 saturated carbocycles. The van der Waals surface area contributed by atoms with Crippen LogP contribution >= 0.6 is 23.2 Å². The largest absolute Gasteiger partial charge is 0.368 e. The van der Waals surface area contributed by atoms with Crippen molar-refractivity contribution in [2.75, 3.05) is 44.2 Å². The van der Waals surface area contributed by atoms with Gasteiger partial charge in [-0.25, -0.2) is 8.42 Å². The lowest BCUT2D eigenvalue weighted by molar-refractivity contribution is -0.139. The molecule has 0 N–H and O–H groups in total. The van der Waals surface area contributed by atoms with Crippen LogP contribution in [0.1, 0.15) is 0 Å². The van der Waals surface area contributed by atoms with Gasteiger partial charge >= 0.3 is 0 Å². The highest BCUT2D eigenvalue weighted by atomic mass is 35.5. The van der Waals surface area contributed by atoms with Crippen LogP contribution in [0.4, 0.5) is 5.69 Å². The third-order valence-electron chi connectivity index (χ3n) is 5.35. The summed E-state index contributed by atoms with van der Waals surface area (Å²) in [7, 11) is -3.77. The van der Waals surface area contributed by atoms with E-state index in [1.54, 1.807) is 18.5 Å². The Kier molecular flexibility index (Phi) is 5.70. The molecule has 2 saturated heterocycles. The minimum atomic E-state index is -3.77. The van der Waals surface area contributed by atoms with Crippen LogP contribution in [-0.4, -0.2) is 67.8 Å². The third kappa shape index (κ3) is 3.94. The van der Waals surface area contributed by atoms with Crippen molar-refractivity contribution in [3.8, 4) is 0 Å². The summed E-state index contributed by atoms with van der Waals surface area (Å²) in [5, 5.41) is 0.198. The van der Waals surface area contributed by atoms with Crippen LogP contribution in [0.25, 0.3) is 0 Å². The summed E-state index contributed by atoms with van der Waals surface area (Å²) in [6.45, 7) is 3.03. The monoisotopic (exact) mass is 454 g/mol. The quantitative estimate of drug-likeness (QED) is 0.708. The molecular formula is C19H20Cl2N4O3S. The Balaban J connectivity index is 1.34. The highest BCUT2D eigenvalue weighted by Crippen LogP contribution is 2.34. The number of pyridine rings is 1. The molecule has 0 radical (unpaired) electrons. The van der Waals surface area contributed by atoms with Crippen LogP contribution in [0.15, 0.2) is 47.6 Å². The third-order valence-corrected chi connectivity index (χ3v) is 8.16. The van der Waals surface area contributed by atoms with Gasteiger partial charge in [-0.1, -0.05) is 29.3 Å². The number of hydrogen-bond donors (Lipinski definition) is 0. The molecule has 2 aliphatic rings. The number of halogens is 2. The molecule has 1 amide bonds. The van der Waals surface area contributed by atoms with E-state index in [4.69, 9.17) is 23.2 Å². The van der Waals surface area contributed by atoms with Gasteiger partial charge in [-0.05, 0) is 24.3 Å². The molecule has 154 valence electrons. The summed E-state index contributed by atoms with van der Waals surface area (Å²) in [6.07, 6.45) is 3.50. The van der Waals surface area contributed by atoms with Gasteiger partial charge in [0, 0.05) is 57.3 Å². The van der Waals surface area contributed by atoms with Gasteiger partial charge in [-0.2, -0.15) is 4.31 Å². The van der Waals surface area contributed by atoms with E-state index in [1.807, 2.05) is 17.0 Å². The predicted octanol–water partition coefficient (Wildman–Crippen LogP) is 2.36. The zero-order valence-electron chi connectivity index (χ0n) is 15.5. The van der Waals surface area contributed by atoms with Crippen LogP contribution in [0.2, 0.25) is 10.0 Å². The van der Waals surface area contributed by atoms with Crippen molar-refractivity contribution in [1.82, 2.24) is 14.2 Å². The highest BCUT2D eigenvalue weighted by Gasteiger charge is 2.43. The predicted molar refractivity (Wildman–Crippen MR) is 112 cm³/mol. The van der Waals surface area contributed by atoms with Gasteiger partial charge in [-0.3, -0.25) is 9.78 Å². The van der Waals surface area contributed by atoms with Crippen molar-refractivity contribution in [3.05, 3.63) is 52.8 Å². The van der Waals surface area contributed by atoms with Crippen LogP contribution in [0.5, 0.6) is 0 Å². The van der Waals surface area contributed by atoms with E-state index >= 15 is 0 Å². The molecule has 0 unspecified atom stereocenters. The lowest BCUT2D eigenvalue weighted by Crippen LogP contribution is -2.59. The normalized spacial score (nSPS) is 18.6. The molecule has 7 nitrogen and oxygen atoms in total. The molecule has 1 aromatic heterocycles. The lowest BCUT2D eigenvalue weighted by atomic mass is 10.0. The molecule has 4 rings (SSSR count). The van der Waals surface area contributed by atoms with E-state index in [0.717, 1.165) is 18.8 Å². The Morgan fingerprint density at radius 3 is 2.31 bits per heavy atom. The summed E-state index contributed by atoms with van der Waals surface area (Å²) < 4.78 is 26.8. The zero-order chi connectivity index (χ0) is 20.6. The molecule has 2 aromatic rings. The van der Waals surface area contributed by atoms with Crippen molar-refractivity contribution in [1.29, 1.82) is 0 Å². The number of benzene rings is 1. The van der Waals surface area contributed by atoms with Gasteiger partial charge in [0.2, 0.25) is 15.9 Å². The van der Waals surface area contributed by atoms with E-state index in [0.29, 0.717) is 13.1 Å². The van der Waals surface area contributed by atoms with Crippen molar-refractivity contribution >= 4 is 44.8 Å². The van der Waals surface area contributed by atoms with Gasteiger partial charge in [-0.15, -0.1) is 0 Å². The first-order chi connectivity index (χ1) is 13.9. The maximum absolute atomic E-state index is 12.8. The molecule has 0 atom stereocenters. The molecule has 1 aromatic carbocycles. The maximum Gasteiger partial charge on any atom is 0.244 e. The number of aromatic nitrogens is 1. The van der Waals surface area contributed by atoms with E-state index in [2.05, 4.69) is 9.88 Å². The van der Waals surface area contributed by atoms with Crippen LogP contribution in [0.3, 0.4) is 0 Å². The fourth-order valence-electron chi connectivity index (χ4n) is 3.61. The number of anilines is 1. The number of carbonyl (C=O) groups is 1. The van der Waals surface area contributed by atoms with Gasteiger partial charge in [0.15, 0.2) is 0 Å². The molecular weight excluding hydrogens is 435 g/mol. The second-order valence-corrected chi connectivity index (χ2v) is 9.78. The van der Waals surface area contributed by atoms with Crippen molar-refractivity contribution in [3.63, 3.8) is 0 Å². The van der Waals surface area contributed by atoms with E-state index < -0.39 is 10.0 Å². The Morgan fingerprint density at radius 1 is 1.00 bits per heavy atom. The molecule has 0 spiro atoms. The average Bonchev–Trinajstić information content (AvgIpc) is 2.69. The minimum absolute atomic E-state index is 0.00280. The topological polar surface area (TPSA) is 73.8 Å². The Bertz CT molecular complexity index is 1010. The molecule has 10 heteroatoms. The molecule has 3 heterocycles. The van der Waals surface area contributed by atoms with Crippen molar-refractivity contribution in [2.24, 2.45) is 5.92 Å². The number of piperazine rings is 1. The Hall–Kier alpha value is -1.87. The van der Waals surface area contributed by atoms with Crippen LogP contribution in [-0.2, 0) is 14.8 Å². The molecule has 0 bridgehead atoms. The van der Waals surface area contributed by atoms with Crippen molar-refractivity contribution in [2.45, 2.75) is 4.90 Å². The average molecular weight is 455 g/mol. The highest BCUT2D eigenvalue weighted by molar-refractivity contribution is 7.89. The fraction of sp³-hybridized carbons (Fsp3) is 0.368. The number of hydrogen-bond acceptors (Lipinski definition) is 5. The standard InChI is InChI=1S/C19H20Cl2N4O3S/c20-16-2-1-3-17(18(16)21)29(27,28)25-12-14(13-25)19(26)24-10-8-23(9-11-24)15-4-6-22-7-5-15/h1-7,14H,8-13H2. The summed E-state index contributed by atoms with van der Waals surface area (Å²) in [5.41, 5.74) is 1.09. The van der Waals surface area contributed by atoms with Crippen LogP contribution < -0.4 is 4.90 Å². The summed E-state index contributed by atoms with van der Waals surface area (Å²) >= 11 is 12.0. The van der Waals surface area contributed by atoms with E-state index in [9.17, 15) is 13.2 Å². The minimum Gasteiger partial charge on any atom is -0.368 e. The van der Waals surface area contributed by atoms with Gasteiger partial charge in [0.25, 0.3) is 0 Å². The Morgan fingerprint density at radius 2 is 1.66 bits per heavy atom. The van der Waals surface area contributed by atoms with Crippen molar-refractivity contribution < 1.29 is 13.2 Å². The molecule has 0 aliphatic carbocycles. The number of rotatable bonds is 4. The van der Waals surface area contributed by atoms with Gasteiger partial charge < -0.3 is 9.80 Å². The molecule has 2 fully saturated rings. The van der Waals surface area contributed by atoms with Crippen LogP contribution in [0, 0.1) is 5.92 Å². The zero-order valence-corrected chi connectivity index (χ0v) is 17.9. The SMILES string of the molecule is O=C(C1CN(S(=O)(=O)c2cccc(Cl)c2Cl)C1)N1CCN(c2ccncc2)CC1. The van der Waals surface area contributed by atoms with Gasteiger partial charge in [0.05, 0.1) is 16.0 Å². The number of amides is 1. The second-order valence-electron chi connectivity index (χ2n) is 7.09. The molecule has 2 aliphatic heterocycles. The Labute approximate surface area is 179 Å². The summed E-state index contributed by atoms with van der Waals surface area (Å²) in [5.74, 6) is -0.321. The number of carbonyl (C=O) groups excluding carboxylic acids is 1.